The van der Waals surface area contributed by atoms with Crippen molar-refractivity contribution in [3.05, 3.63) is 0 Å². The van der Waals surface area contributed by atoms with Crippen LogP contribution in [0.5, 0.6) is 0 Å². The molecule has 1 aliphatic rings. The van der Waals surface area contributed by atoms with E-state index in [0.29, 0.717) is 6.61 Å². The molecule has 2 amide bonds. The summed E-state index contributed by atoms with van der Waals surface area (Å²) >= 11 is 0. The topological polar surface area (TPSA) is 114 Å². The number of ether oxygens (including phenoxy) is 1. The highest BCUT2D eigenvalue weighted by Crippen LogP contribution is 2.20. The monoisotopic (exact) mass is 285 g/mol. The molecule has 0 aliphatic carbocycles. The fourth-order valence-corrected chi connectivity index (χ4v) is 2.13. The molecular weight excluding hydrogens is 266 g/mol. The molecule has 0 saturated carbocycles. The number of amides is 2. The van der Waals surface area contributed by atoms with E-state index in [1.165, 1.54) is 12.0 Å². The summed E-state index contributed by atoms with van der Waals surface area (Å²) in [5.74, 6) is -1.14. The summed E-state index contributed by atoms with van der Waals surface area (Å²) in [5, 5.41) is 27.2. The standard InChI is InChI=1S/C12H19N3O5/c1-20-6-5-14(4-2-3-13)12(19)15-8-9(16)7-10(15)11(17)18/h9-10,16H,2,4-8H2,1H3,(H,17,18). The second-order valence-electron chi connectivity index (χ2n) is 4.57. The quantitative estimate of drug-likeness (QED) is 0.679. The van der Waals surface area contributed by atoms with Crippen molar-refractivity contribution in [1.29, 1.82) is 5.26 Å². The van der Waals surface area contributed by atoms with E-state index < -0.39 is 24.1 Å². The molecule has 20 heavy (non-hydrogen) atoms. The Balaban J connectivity index is 2.76. The van der Waals surface area contributed by atoms with Gasteiger partial charge in [0.25, 0.3) is 0 Å². The predicted octanol–water partition coefficient (Wildman–Crippen LogP) is -0.512. The maximum absolute atomic E-state index is 12.3. The molecular formula is C12H19N3O5. The number of rotatable bonds is 6. The van der Waals surface area contributed by atoms with Crippen LogP contribution in [-0.4, -0.2) is 77.5 Å². The summed E-state index contributed by atoms with van der Waals surface area (Å²) in [5.41, 5.74) is 0. The van der Waals surface area contributed by atoms with Gasteiger partial charge in [0.1, 0.15) is 6.04 Å². The first-order valence-electron chi connectivity index (χ1n) is 6.33. The van der Waals surface area contributed by atoms with Crippen molar-refractivity contribution in [2.24, 2.45) is 0 Å². The van der Waals surface area contributed by atoms with Crippen LogP contribution in [0.1, 0.15) is 12.8 Å². The summed E-state index contributed by atoms with van der Waals surface area (Å²) in [4.78, 5) is 26.0. The lowest BCUT2D eigenvalue weighted by atomic mass is 10.2. The Bertz CT molecular complexity index is 395. The number of carbonyl (C=O) groups is 2. The number of urea groups is 1. The van der Waals surface area contributed by atoms with Crippen molar-refractivity contribution < 1.29 is 24.5 Å². The van der Waals surface area contributed by atoms with Gasteiger partial charge in [-0.25, -0.2) is 9.59 Å². The van der Waals surface area contributed by atoms with Gasteiger partial charge in [0.15, 0.2) is 0 Å². The molecule has 112 valence electrons. The Hall–Kier alpha value is -1.85. The van der Waals surface area contributed by atoms with Crippen LogP contribution in [0.25, 0.3) is 0 Å². The number of β-amino-alcohol motifs (C(OH)–C–C–N with tert-alkyl or cyclic N) is 1. The minimum absolute atomic E-state index is 0.00810. The zero-order valence-corrected chi connectivity index (χ0v) is 11.4. The minimum atomic E-state index is -1.14. The lowest BCUT2D eigenvalue weighted by Crippen LogP contribution is -2.49. The minimum Gasteiger partial charge on any atom is -0.480 e. The van der Waals surface area contributed by atoms with Crippen molar-refractivity contribution in [3.63, 3.8) is 0 Å². The first-order valence-corrected chi connectivity index (χ1v) is 6.33. The molecule has 2 atom stereocenters. The SMILES string of the molecule is COCCN(CCC#N)C(=O)N1CC(O)CC1C(=O)O. The van der Waals surface area contributed by atoms with Gasteiger partial charge in [-0.2, -0.15) is 5.26 Å². The largest absolute Gasteiger partial charge is 0.480 e. The molecule has 8 heteroatoms. The van der Waals surface area contributed by atoms with Crippen molar-refractivity contribution in [2.45, 2.75) is 25.0 Å². The van der Waals surface area contributed by atoms with Crippen LogP contribution in [0.15, 0.2) is 0 Å². The van der Waals surface area contributed by atoms with Crippen molar-refractivity contribution >= 4 is 12.0 Å². The Labute approximate surface area is 117 Å². The molecule has 1 aliphatic heterocycles. The summed E-state index contributed by atoms with van der Waals surface area (Å²) in [6.07, 6.45) is -0.651. The van der Waals surface area contributed by atoms with E-state index >= 15 is 0 Å². The van der Waals surface area contributed by atoms with E-state index in [9.17, 15) is 14.7 Å². The lowest BCUT2D eigenvalue weighted by molar-refractivity contribution is -0.141. The van der Waals surface area contributed by atoms with Gasteiger partial charge in [0.05, 0.1) is 25.2 Å². The van der Waals surface area contributed by atoms with Crippen LogP contribution in [0.4, 0.5) is 4.79 Å². The van der Waals surface area contributed by atoms with E-state index in [1.54, 1.807) is 0 Å². The molecule has 0 aromatic heterocycles. The van der Waals surface area contributed by atoms with Crippen LogP contribution in [-0.2, 0) is 9.53 Å². The molecule has 1 saturated heterocycles. The number of methoxy groups -OCH3 is 1. The number of aliphatic hydroxyl groups is 1. The molecule has 0 bridgehead atoms. The van der Waals surface area contributed by atoms with Gasteiger partial charge in [-0.3, -0.25) is 0 Å². The van der Waals surface area contributed by atoms with E-state index in [-0.39, 0.29) is 32.5 Å². The summed E-state index contributed by atoms with van der Waals surface area (Å²) in [6, 6.07) is 0.435. The van der Waals surface area contributed by atoms with Crippen LogP contribution >= 0.6 is 0 Å². The Morgan fingerprint density at radius 3 is 2.75 bits per heavy atom. The third-order valence-corrected chi connectivity index (χ3v) is 3.14. The number of carbonyl (C=O) groups excluding carboxylic acids is 1. The van der Waals surface area contributed by atoms with Gasteiger partial charge in [0, 0.05) is 33.2 Å². The summed E-state index contributed by atoms with van der Waals surface area (Å²) < 4.78 is 4.90. The number of nitrogens with zero attached hydrogens (tertiary/aromatic N) is 3. The fourth-order valence-electron chi connectivity index (χ4n) is 2.13. The molecule has 8 nitrogen and oxygen atoms in total. The number of carboxylic acids is 1. The third-order valence-electron chi connectivity index (χ3n) is 3.14. The Morgan fingerprint density at radius 1 is 1.50 bits per heavy atom. The second kappa shape index (κ2) is 7.67. The highest BCUT2D eigenvalue weighted by molar-refractivity contribution is 5.83. The van der Waals surface area contributed by atoms with Crippen LogP contribution < -0.4 is 0 Å². The zero-order chi connectivity index (χ0) is 15.1. The fraction of sp³-hybridized carbons (Fsp3) is 0.750. The number of aliphatic hydroxyl groups excluding tert-OH is 1. The number of hydrogen-bond donors (Lipinski definition) is 2. The van der Waals surface area contributed by atoms with Crippen LogP contribution in [0.3, 0.4) is 0 Å². The number of likely N-dealkylation sites (tertiary alicyclic amines) is 1. The molecule has 0 spiro atoms. The summed E-state index contributed by atoms with van der Waals surface area (Å²) in [7, 11) is 1.49. The van der Waals surface area contributed by atoms with Crippen LogP contribution in [0.2, 0.25) is 0 Å². The van der Waals surface area contributed by atoms with Gasteiger partial charge >= 0.3 is 12.0 Å². The molecule has 2 N–H and O–H groups in total. The molecule has 0 radical (unpaired) electrons. The van der Waals surface area contributed by atoms with E-state index in [4.69, 9.17) is 15.1 Å². The highest BCUT2D eigenvalue weighted by Gasteiger charge is 2.40. The molecule has 2 unspecified atom stereocenters. The lowest BCUT2D eigenvalue weighted by Gasteiger charge is -2.29. The molecule has 1 heterocycles. The Morgan fingerprint density at radius 2 is 2.20 bits per heavy atom. The number of hydrogen-bond acceptors (Lipinski definition) is 5. The van der Waals surface area contributed by atoms with Gasteiger partial charge in [0.2, 0.25) is 0 Å². The molecule has 0 aromatic rings. The van der Waals surface area contributed by atoms with Crippen molar-refractivity contribution in [1.82, 2.24) is 9.80 Å². The normalized spacial score (nSPS) is 21.6. The molecule has 1 fully saturated rings. The molecule has 1 rings (SSSR count). The van der Waals surface area contributed by atoms with Gasteiger partial charge in [-0.1, -0.05) is 0 Å². The van der Waals surface area contributed by atoms with Gasteiger partial charge in [-0.15, -0.1) is 0 Å². The Kier molecular flexibility index (Phi) is 6.21. The highest BCUT2D eigenvalue weighted by atomic mass is 16.5. The van der Waals surface area contributed by atoms with Crippen LogP contribution in [0, 0.1) is 11.3 Å². The number of carboxylic acid groups (broad SMARTS) is 1. The summed E-state index contributed by atoms with van der Waals surface area (Å²) in [6.45, 7) is 0.769. The first kappa shape index (κ1) is 16.2. The number of aliphatic carboxylic acids is 1. The average molecular weight is 285 g/mol. The van der Waals surface area contributed by atoms with E-state index in [0.717, 1.165) is 4.90 Å². The van der Waals surface area contributed by atoms with Crippen molar-refractivity contribution in [3.8, 4) is 6.07 Å². The average Bonchev–Trinajstić information content (AvgIpc) is 2.80. The predicted molar refractivity (Wildman–Crippen MR) is 67.8 cm³/mol. The van der Waals surface area contributed by atoms with Crippen molar-refractivity contribution in [2.75, 3.05) is 33.4 Å². The molecule has 0 aromatic carbocycles. The maximum Gasteiger partial charge on any atom is 0.326 e. The first-order chi connectivity index (χ1) is 9.51. The van der Waals surface area contributed by atoms with E-state index in [2.05, 4.69) is 0 Å². The van der Waals surface area contributed by atoms with Gasteiger partial charge < -0.3 is 24.7 Å². The maximum atomic E-state index is 12.3. The van der Waals surface area contributed by atoms with E-state index in [1.807, 2.05) is 6.07 Å². The third kappa shape index (κ3) is 4.08. The smallest absolute Gasteiger partial charge is 0.326 e. The zero-order valence-electron chi connectivity index (χ0n) is 11.4. The second-order valence-corrected chi connectivity index (χ2v) is 4.57. The van der Waals surface area contributed by atoms with Gasteiger partial charge in [-0.05, 0) is 0 Å². The number of nitriles is 1.